The van der Waals surface area contributed by atoms with E-state index in [0.717, 1.165) is 55.4 Å². The van der Waals surface area contributed by atoms with Gasteiger partial charge in [-0.05, 0) is 50.5 Å². The minimum atomic E-state index is -0.0253. The summed E-state index contributed by atoms with van der Waals surface area (Å²) in [5.74, 6) is 1.37. The maximum atomic E-state index is 13.2. The van der Waals surface area contributed by atoms with Crippen LogP contribution in [-0.2, 0) is 24.2 Å². The summed E-state index contributed by atoms with van der Waals surface area (Å²) in [4.78, 5) is 34.8. The Bertz CT molecular complexity index is 891. The molecule has 0 N–H and O–H groups in total. The third-order valence-electron chi connectivity index (χ3n) is 5.86. The van der Waals surface area contributed by atoms with E-state index >= 15 is 0 Å². The quantitative estimate of drug-likeness (QED) is 0.812. The van der Waals surface area contributed by atoms with Crippen LogP contribution in [0.2, 0.25) is 0 Å². The van der Waals surface area contributed by atoms with Crippen molar-refractivity contribution in [3.05, 3.63) is 26.6 Å². The standard InChI is InChI=1S/C20H27N3O2S/c1-13-7-8-15-16(11-13)26-19-18(15)20(25)23(14(2)21-19)12-17(24)22-9-5-3-4-6-10-22/h13H,3-12H2,1-2H3. The SMILES string of the molecule is Cc1nc2sc3c(c2c(=O)n1CC(=O)N1CCCCCC1)CCC(C)C3. The number of aromatic nitrogens is 2. The van der Waals surface area contributed by atoms with Crippen molar-refractivity contribution in [2.45, 2.75) is 65.3 Å². The second-order valence-corrected chi connectivity index (χ2v) is 8.96. The molecule has 140 valence electrons. The lowest BCUT2D eigenvalue weighted by atomic mass is 9.89. The molecule has 2 aliphatic rings. The number of hydrogen-bond acceptors (Lipinski definition) is 4. The lowest BCUT2D eigenvalue weighted by Gasteiger charge is -2.21. The fourth-order valence-corrected chi connectivity index (χ4v) is 5.69. The van der Waals surface area contributed by atoms with Crippen LogP contribution in [0.1, 0.15) is 55.3 Å². The molecule has 1 aliphatic carbocycles. The van der Waals surface area contributed by atoms with Crippen LogP contribution in [-0.4, -0.2) is 33.4 Å². The van der Waals surface area contributed by atoms with Crippen LogP contribution in [0.25, 0.3) is 10.2 Å². The van der Waals surface area contributed by atoms with Crippen LogP contribution in [0.15, 0.2) is 4.79 Å². The number of likely N-dealkylation sites (tertiary alicyclic amines) is 1. The molecule has 0 bridgehead atoms. The first kappa shape index (κ1) is 17.7. The summed E-state index contributed by atoms with van der Waals surface area (Å²) in [5.41, 5.74) is 1.17. The smallest absolute Gasteiger partial charge is 0.263 e. The zero-order valence-corrected chi connectivity index (χ0v) is 16.5. The first-order valence-corrected chi connectivity index (χ1v) is 10.7. The molecular weight excluding hydrogens is 346 g/mol. The topological polar surface area (TPSA) is 55.2 Å². The molecule has 3 heterocycles. The van der Waals surface area contributed by atoms with Gasteiger partial charge in [-0.2, -0.15) is 0 Å². The number of rotatable bonds is 2. The average Bonchev–Trinajstić information content (AvgIpc) is 2.79. The van der Waals surface area contributed by atoms with Gasteiger partial charge in [0, 0.05) is 18.0 Å². The Labute approximate surface area is 158 Å². The molecule has 1 amide bonds. The maximum absolute atomic E-state index is 13.2. The van der Waals surface area contributed by atoms with E-state index in [9.17, 15) is 9.59 Å². The Balaban J connectivity index is 1.69. The van der Waals surface area contributed by atoms with Crippen molar-refractivity contribution in [2.75, 3.05) is 13.1 Å². The molecule has 26 heavy (non-hydrogen) atoms. The normalized spacial score (nSPS) is 20.8. The van der Waals surface area contributed by atoms with Gasteiger partial charge in [-0.1, -0.05) is 19.8 Å². The van der Waals surface area contributed by atoms with Crippen molar-refractivity contribution in [2.24, 2.45) is 5.92 Å². The highest BCUT2D eigenvalue weighted by Crippen LogP contribution is 2.35. The summed E-state index contributed by atoms with van der Waals surface area (Å²) >= 11 is 1.67. The molecule has 4 rings (SSSR count). The van der Waals surface area contributed by atoms with Crippen LogP contribution in [0.5, 0.6) is 0 Å². The van der Waals surface area contributed by atoms with Gasteiger partial charge in [-0.3, -0.25) is 14.2 Å². The number of nitrogens with zero attached hydrogens (tertiary/aromatic N) is 3. The fraction of sp³-hybridized carbons (Fsp3) is 0.650. The Hall–Kier alpha value is -1.69. The highest BCUT2D eigenvalue weighted by Gasteiger charge is 2.25. The Morgan fingerprint density at radius 2 is 1.96 bits per heavy atom. The number of aryl methyl sites for hydroxylation is 2. The largest absolute Gasteiger partial charge is 0.341 e. The molecule has 1 saturated heterocycles. The van der Waals surface area contributed by atoms with Crippen molar-refractivity contribution in [1.82, 2.24) is 14.5 Å². The number of amides is 1. The monoisotopic (exact) mass is 373 g/mol. The van der Waals surface area contributed by atoms with Gasteiger partial charge in [0.2, 0.25) is 5.91 Å². The predicted molar refractivity (Wildman–Crippen MR) is 105 cm³/mol. The van der Waals surface area contributed by atoms with E-state index in [1.807, 2.05) is 11.8 Å². The Morgan fingerprint density at radius 1 is 1.23 bits per heavy atom. The van der Waals surface area contributed by atoms with Crippen molar-refractivity contribution in [3.8, 4) is 0 Å². The molecule has 1 atom stereocenters. The number of fused-ring (bicyclic) bond motifs is 3. The average molecular weight is 374 g/mol. The summed E-state index contributed by atoms with van der Waals surface area (Å²) in [6, 6.07) is 0. The van der Waals surface area contributed by atoms with Crippen molar-refractivity contribution in [3.63, 3.8) is 0 Å². The van der Waals surface area contributed by atoms with E-state index in [-0.39, 0.29) is 18.0 Å². The van der Waals surface area contributed by atoms with E-state index in [4.69, 9.17) is 4.98 Å². The van der Waals surface area contributed by atoms with Crippen LogP contribution in [0.4, 0.5) is 0 Å². The fourth-order valence-electron chi connectivity index (χ4n) is 4.27. The third kappa shape index (κ3) is 3.20. The molecule has 1 fully saturated rings. The highest BCUT2D eigenvalue weighted by atomic mass is 32.1. The summed E-state index contributed by atoms with van der Waals surface area (Å²) in [6.45, 7) is 5.86. The van der Waals surface area contributed by atoms with Crippen molar-refractivity contribution >= 4 is 27.5 Å². The summed E-state index contributed by atoms with van der Waals surface area (Å²) < 4.78 is 1.60. The minimum absolute atomic E-state index is 0.0253. The van der Waals surface area contributed by atoms with Gasteiger partial charge in [-0.15, -0.1) is 11.3 Å². The molecule has 5 nitrogen and oxygen atoms in total. The molecule has 0 spiro atoms. The number of thiophene rings is 1. The predicted octanol–water partition coefficient (Wildman–Crippen LogP) is 3.29. The summed E-state index contributed by atoms with van der Waals surface area (Å²) in [7, 11) is 0. The first-order valence-electron chi connectivity index (χ1n) is 9.84. The molecule has 0 saturated carbocycles. The van der Waals surface area contributed by atoms with Crippen LogP contribution in [0.3, 0.4) is 0 Å². The van der Waals surface area contributed by atoms with Gasteiger partial charge in [0.25, 0.3) is 5.56 Å². The second kappa shape index (κ2) is 7.14. The molecule has 1 aliphatic heterocycles. The van der Waals surface area contributed by atoms with Gasteiger partial charge < -0.3 is 4.90 Å². The van der Waals surface area contributed by atoms with Crippen molar-refractivity contribution in [1.29, 1.82) is 0 Å². The van der Waals surface area contributed by atoms with E-state index in [0.29, 0.717) is 11.7 Å². The Morgan fingerprint density at radius 3 is 2.69 bits per heavy atom. The molecule has 1 unspecified atom stereocenters. The lowest BCUT2D eigenvalue weighted by molar-refractivity contribution is -0.131. The molecular formula is C20H27N3O2S. The molecule has 0 aromatic carbocycles. The Kier molecular flexibility index (Phi) is 4.86. The summed E-state index contributed by atoms with van der Waals surface area (Å²) in [5, 5.41) is 0.770. The minimum Gasteiger partial charge on any atom is -0.341 e. The molecule has 2 aromatic rings. The summed E-state index contributed by atoms with van der Waals surface area (Å²) in [6.07, 6.45) is 7.63. The van der Waals surface area contributed by atoms with Crippen molar-refractivity contribution < 1.29 is 4.79 Å². The number of hydrogen-bond donors (Lipinski definition) is 0. The molecule has 0 radical (unpaired) electrons. The first-order chi connectivity index (χ1) is 12.5. The highest BCUT2D eigenvalue weighted by molar-refractivity contribution is 7.18. The zero-order valence-electron chi connectivity index (χ0n) is 15.7. The zero-order chi connectivity index (χ0) is 18.3. The maximum Gasteiger partial charge on any atom is 0.263 e. The van der Waals surface area contributed by atoms with Gasteiger partial charge in [0.05, 0.1) is 5.39 Å². The lowest BCUT2D eigenvalue weighted by Crippen LogP contribution is -2.38. The van der Waals surface area contributed by atoms with Gasteiger partial charge >= 0.3 is 0 Å². The van der Waals surface area contributed by atoms with Crippen LogP contribution in [0, 0.1) is 12.8 Å². The van der Waals surface area contributed by atoms with Gasteiger partial charge in [0.1, 0.15) is 17.2 Å². The van der Waals surface area contributed by atoms with E-state index in [2.05, 4.69) is 6.92 Å². The van der Waals surface area contributed by atoms with E-state index < -0.39 is 0 Å². The number of carbonyl (C=O) groups excluding carboxylic acids is 1. The molecule has 6 heteroatoms. The van der Waals surface area contributed by atoms with Crippen LogP contribution >= 0.6 is 11.3 Å². The molecule has 2 aromatic heterocycles. The van der Waals surface area contributed by atoms with Crippen LogP contribution < -0.4 is 5.56 Å². The third-order valence-corrected chi connectivity index (χ3v) is 7.01. The van der Waals surface area contributed by atoms with Gasteiger partial charge in [-0.25, -0.2) is 4.98 Å². The number of carbonyl (C=O) groups is 1. The van der Waals surface area contributed by atoms with Gasteiger partial charge in [0.15, 0.2) is 0 Å². The van der Waals surface area contributed by atoms with E-state index in [1.165, 1.54) is 23.3 Å². The second-order valence-electron chi connectivity index (χ2n) is 7.88. The van der Waals surface area contributed by atoms with E-state index in [1.54, 1.807) is 15.9 Å².